The molecule has 0 aliphatic heterocycles. The fraction of sp³-hybridized carbons (Fsp3) is 0.571. The number of nitrogens with one attached hydrogen (secondary N) is 1. The molecular formula is C14H22BrNO3S. The molecule has 1 aromatic carbocycles. The van der Waals surface area contributed by atoms with Gasteiger partial charge in [0.2, 0.25) is 10.0 Å². The zero-order chi connectivity index (χ0) is 15.4. The standard InChI is InChI=1S/C14H22BrNO3S/c1-4-14(5-2,10-17)9-16-20(18,19)12-6-7-13(15)11(3)8-12/h6-8,16-17H,4-5,9-10H2,1-3H3. The van der Waals surface area contributed by atoms with Crippen LogP contribution >= 0.6 is 15.9 Å². The van der Waals surface area contributed by atoms with Gasteiger partial charge in [-0.15, -0.1) is 0 Å². The molecule has 0 aliphatic rings. The third kappa shape index (κ3) is 4.04. The average Bonchev–Trinajstić information content (AvgIpc) is 2.44. The van der Waals surface area contributed by atoms with Crippen LogP contribution in [0, 0.1) is 12.3 Å². The third-order valence-corrected chi connectivity index (χ3v) is 6.20. The van der Waals surface area contributed by atoms with Crippen LogP contribution in [0.15, 0.2) is 27.6 Å². The summed E-state index contributed by atoms with van der Waals surface area (Å²) in [5.41, 5.74) is 0.476. The fourth-order valence-electron chi connectivity index (χ4n) is 1.90. The van der Waals surface area contributed by atoms with Gasteiger partial charge in [-0.05, 0) is 43.5 Å². The molecule has 1 rings (SSSR count). The third-order valence-electron chi connectivity index (χ3n) is 3.91. The predicted octanol–water partition coefficient (Wildman–Crippen LogP) is 2.83. The van der Waals surface area contributed by atoms with Crippen LogP contribution in [0.3, 0.4) is 0 Å². The van der Waals surface area contributed by atoms with Crippen molar-refractivity contribution < 1.29 is 13.5 Å². The summed E-state index contributed by atoms with van der Waals surface area (Å²) in [6, 6.07) is 4.92. The maximum atomic E-state index is 12.3. The van der Waals surface area contributed by atoms with Gasteiger partial charge in [0.15, 0.2) is 0 Å². The molecule has 0 amide bonds. The number of aliphatic hydroxyl groups is 1. The molecule has 2 N–H and O–H groups in total. The van der Waals surface area contributed by atoms with Crippen molar-refractivity contribution in [3.05, 3.63) is 28.2 Å². The Hall–Kier alpha value is -0.430. The summed E-state index contributed by atoms with van der Waals surface area (Å²) in [6.45, 7) is 5.98. The smallest absolute Gasteiger partial charge is 0.240 e. The van der Waals surface area contributed by atoms with Crippen LogP contribution in [0.4, 0.5) is 0 Å². The fourth-order valence-corrected chi connectivity index (χ4v) is 3.38. The maximum Gasteiger partial charge on any atom is 0.240 e. The van der Waals surface area contributed by atoms with Gasteiger partial charge in [-0.25, -0.2) is 13.1 Å². The average molecular weight is 364 g/mol. The lowest BCUT2D eigenvalue weighted by Crippen LogP contribution is -2.39. The normalized spacial score (nSPS) is 12.7. The minimum atomic E-state index is -3.54. The molecule has 0 aliphatic carbocycles. The van der Waals surface area contributed by atoms with Crippen molar-refractivity contribution in [3.8, 4) is 0 Å². The Bertz CT molecular complexity index is 545. The zero-order valence-electron chi connectivity index (χ0n) is 12.1. The van der Waals surface area contributed by atoms with E-state index in [-0.39, 0.29) is 18.0 Å². The summed E-state index contributed by atoms with van der Waals surface area (Å²) in [5.74, 6) is 0. The summed E-state index contributed by atoms with van der Waals surface area (Å²) in [6.07, 6.45) is 1.45. The van der Waals surface area contributed by atoms with Crippen LogP contribution in [0.5, 0.6) is 0 Å². The van der Waals surface area contributed by atoms with Crippen LogP contribution in [0.1, 0.15) is 32.3 Å². The van der Waals surface area contributed by atoms with E-state index in [1.54, 1.807) is 18.2 Å². The van der Waals surface area contributed by atoms with Gasteiger partial charge in [0.05, 0.1) is 4.90 Å². The minimum absolute atomic E-state index is 0.0259. The van der Waals surface area contributed by atoms with Crippen LogP contribution in [0.2, 0.25) is 0 Å². The molecule has 0 fully saturated rings. The molecule has 0 saturated heterocycles. The summed E-state index contributed by atoms with van der Waals surface area (Å²) in [7, 11) is -3.54. The number of hydrogen-bond donors (Lipinski definition) is 2. The van der Waals surface area contributed by atoms with Crippen LogP contribution < -0.4 is 4.72 Å². The number of halogens is 1. The summed E-state index contributed by atoms with van der Waals surface area (Å²) < 4.78 is 28.1. The monoisotopic (exact) mass is 363 g/mol. The SMILES string of the molecule is CCC(CC)(CO)CNS(=O)(=O)c1ccc(Br)c(C)c1. The van der Waals surface area contributed by atoms with Gasteiger partial charge in [-0.2, -0.15) is 0 Å². The quantitative estimate of drug-likeness (QED) is 0.782. The summed E-state index contributed by atoms with van der Waals surface area (Å²) >= 11 is 3.35. The summed E-state index contributed by atoms with van der Waals surface area (Å²) in [4.78, 5) is 0.247. The van der Waals surface area contributed by atoms with Gasteiger partial charge >= 0.3 is 0 Å². The minimum Gasteiger partial charge on any atom is -0.396 e. The highest BCUT2D eigenvalue weighted by Gasteiger charge is 2.27. The molecule has 0 aromatic heterocycles. The van der Waals surface area contributed by atoms with E-state index in [0.29, 0.717) is 0 Å². The first kappa shape index (κ1) is 17.6. The second kappa shape index (κ2) is 7.02. The molecule has 0 spiro atoms. The van der Waals surface area contributed by atoms with Crippen molar-refractivity contribution >= 4 is 26.0 Å². The van der Waals surface area contributed by atoms with Gasteiger partial charge in [0.25, 0.3) is 0 Å². The number of rotatable bonds is 7. The van der Waals surface area contributed by atoms with E-state index in [1.165, 1.54) is 0 Å². The van der Waals surface area contributed by atoms with Crippen LogP contribution in [-0.2, 0) is 10.0 Å². The van der Waals surface area contributed by atoms with E-state index in [0.717, 1.165) is 22.9 Å². The molecule has 0 bridgehead atoms. The Labute approximate surface area is 129 Å². The second-order valence-corrected chi connectivity index (χ2v) is 7.72. The Balaban J connectivity index is 2.92. The van der Waals surface area contributed by atoms with E-state index < -0.39 is 15.4 Å². The highest BCUT2D eigenvalue weighted by molar-refractivity contribution is 9.10. The van der Waals surface area contributed by atoms with Crippen molar-refractivity contribution in [2.75, 3.05) is 13.2 Å². The Morgan fingerprint density at radius 1 is 1.30 bits per heavy atom. The number of aliphatic hydroxyl groups excluding tert-OH is 1. The van der Waals surface area contributed by atoms with Gasteiger partial charge in [0.1, 0.15) is 0 Å². The molecule has 0 heterocycles. The highest BCUT2D eigenvalue weighted by Crippen LogP contribution is 2.26. The molecule has 20 heavy (non-hydrogen) atoms. The number of sulfonamides is 1. The predicted molar refractivity (Wildman–Crippen MR) is 84.2 cm³/mol. The highest BCUT2D eigenvalue weighted by atomic mass is 79.9. The second-order valence-electron chi connectivity index (χ2n) is 5.10. The van der Waals surface area contributed by atoms with Gasteiger partial charge < -0.3 is 5.11 Å². The molecule has 0 atom stereocenters. The van der Waals surface area contributed by atoms with Gasteiger partial charge in [-0.3, -0.25) is 0 Å². The van der Waals surface area contributed by atoms with Crippen molar-refractivity contribution in [1.82, 2.24) is 4.72 Å². The van der Waals surface area contributed by atoms with Crippen LogP contribution in [-0.4, -0.2) is 26.7 Å². The summed E-state index contributed by atoms with van der Waals surface area (Å²) in [5, 5.41) is 9.48. The van der Waals surface area contributed by atoms with Crippen molar-refractivity contribution in [3.63, 3.8) is 0 Å². The molecule has 0 saturated carbocycles. The van der Waals surface area contributed by atoms with Crippen molar-refractivity contribution in [2.45, 2.75) is 38.5 Å². The van der Waals surface area contributed by atoms with E-state index in [2.05, 4.69) is 20.7 Å². The molecular weight excluding hydrogens is 342 g/mol. The molecule has 1 aromatic rings. The lowest BCUT2D eigenvalue weighted by atomic mass is 9.84. The topological polar surface area (TPSA) is 66.4 Å². The lowest BCUT2D eigenvalue weighted by Gasteiger charge is -2.29. The Kier molecular flexibility index (Phi) is 6.19. The first-order valence-corrected chi connectivity index (χ1v) is 8.94. The molecule has 6 heteroatoms. The maximum absolute atomic E-state index is 12.3. The molecule has 0 unspecified atom stereocenters. The lowest BCUT2D eigenvalue weighted by molar-refractivity contribution is 0.119. The van der Waals surface area contributed by atoms with Gasteiger partial charge in [-0.1, -0.05) is 29.8 Å². The Morgan fingerprint density at radius 2 is 1.90 bits per heavy atom. The first-order chi connectivity index (χ1) is 9.30. The van der Waals surface area contributed by atoms with E-state index in [1.807, 2.05) is 20.8 Å². The zero-order valence-corrected chi connectivity index (χ0v) is 14.5. The van der Waals surface area contributed by atoms with Crippen LogP contribution in [0.25, 0.3) is 0 Å². The largest absolute Gasteiger partial charge is 0.396 e. The van der Waals surface area contributed by atoms with Gasteiger partial charge in [0, 0.05) is 23.0 Å². The Morgan fingerprint density at radius 3 is 2.35 bits per heavy atom. The molecule has 4 nitrogen and oxygen atoms in total. The number of benzene rings is 1. The molecule has 0 radical (unpaired) electrons. The molecule has 114 valence electrons. The van der Waals surface area contributed by atoms with E-state index in [4.69, 9.17) is 0 Å². The number of aryl methyl sites for hydroxylation is 1. The number of hydrogen-bond acceptors (Lipinski definition) is 3. The van der Waals surface area contributed by atoms with E-state index >= 15 is 0 Å². The van der Waals surface area contributed by atoms with Crippen molar-refractivity contribution in [2.24, 2.45) is 5.41 Å². The van der Waals surface area contributed by atoms with E-state index in [9.17, 15) is 13.5 Å². The van der Waals surface area contributed by atoms with Crippen molar-refractivity contribution in [1.29, 1.82) is 0 Å². The first-order valence-electron chi connectivity index (χ1n) is 6.67.